The van der Waals surface area contributed by atoms with Crippen LogP contribution in [-0.2, 0) is 11.3 Å². The highest BCUT2D eigenvalue weighted by Gasteiger charge is 2.11. The molecule has 0 bridgehead atoms. The van der Waals surface area contributed by atoms with E-state index in [0.29, 0.717) is 21.8 Å². The molecular weight excluding hydrogens is 314 g/mol. The quantitative estimate of drug-likeness (QED) is 0.804. The number of aryl methyl sites for hydroxylation is 1. The standard InChI is InChI=1S/C17H14ClN3O2/c1-11-12-6-2-3-7-13(12)17(23)21(20-11)10-16(22)19-15-9-5-4-8-14(15)18/h2-9H,10H2,1H3,(H,19,22). The van der Waals surface area contributed by atoms with Gasteiger partial charge in [0.2, 0.25) is 5.91 Å². The molecule has 5 nitrogen and oxygen atoms in total. The fraction of sp³-hybridized carbons (Fsp3) is 0.118. The average molecular weight is 328 g/mol. The lowest BCUT2D eigenvalue weighted by Gasteiger charge is -2.10. The first kappa shape index (κ1) is 15.2. The van der Waals surface area contributed by atoms with E-state index < -0.39 is 0 Å². The third kappa shape index (κ3) is 3.10. The highest BCUT2D eigenvalue weighted by Crippen LogP contribution is 2.20. The van der Waals surface area contributed by atoms with E-state index in [1.165, 1.54) is 4.68 Å². The fourth-order valence-corrected chi connectivity index (χ4v) is 2.58. The Labute approximate surface area is 137 Å². The first-order chi connectivity index (χ1) is 11.1. The Morgan fingerprint density at radius 1 is 1.13 bits per heavy atom. The summed E-state index contributed by atoms with van der Waals surface area (Å²) in [6.07, 6.45) is 0. The van der Waals surface area contributed by atoms with Gasteiger partial charge in [-0.2, -0.15) is 5.10 Å². The molecule has 6 heteroatoms. The Bertz CT molecular complexity index is 950. The third-order valence-corrected chi connectivity index (χ3v) is 3.82. The van der Waals surface area contributed by atoms with Crippen LogP contribution in [-0.4, -0.2) is 15.7 Å². The summed E-state index contributed by atoms with van der Waals surface area (Å²) in [5, 5.41) is 8.68. The minimum absolute atomic E-state index is 0.171. The van der Waals surface area contributed by atoms with Gasteiger partial charge in [0.05, 0.1) is 21.8 Å². The zero-order valence-corrected chi connectivity index (χ0v) is 13.2. The van der Waals surface area contributed by atoms with Crippen LogP contribution in [0.5, 0.6) is 0 Å². The second kappa shape index (κ2) is 6.22. The molecular formula is C17H14ClN3O2. The average Bonchev–Trinajstić information content (AvgIpc) is 2.54. The molecule has 0 spiro atoms. The summed E-state index contributed by atoms with van der Waals surface area (Å²) < 4.78 is 1.17. The molecule has 3 rings (SSSR count). The molecule has 1 amide bonds. The number of nitrogens with zero attached hydrogens (tertiary/aromatic N) is 2. The van der Waals surface area contributed by atoms with Gasteiger partial charge in [-0.15, -0.1) is 0 Å². The third-order valence-electron chi connectivity index (χ3n) is 3.49. The zero-order valence-electron chi connectivity index (χ0n) is 12.4. The summed E-state index contributed by atoms with van der Waals surface area (Å²) in [7, 11) is 0. The normalized spacial score (nSPS) is 10.7. The van der Waals surface area contributed by atoms with Crippen LogP contribution in [0.3, 0.4) is 0 Å². The van der Waals surface area contributed by atoms with Crippen molar-refractivity contribution in [1.29, 1.82) is 0 Å². The van der Waals surface area contributed by atoms with E-state index in [9.17, 15) is 9.59 Å². The van der Waals surface area contributed by atoms with Crippen molar-refractivity contribution >= 4 is 34.0 Å². The van der Waals surface area contributed by atoms with Gasteiger partial charge < -0.3 is 5.32 Å². The van der Waals surface area contributed by atoms with Gasteiger partial charge in [0, 0.05) is 5.39 Å². The Hall–Kier alpha value is -2.66. The number of anilines is 1. The lowest BCUT2D eigenvalue weighted by atomic mass is 10.1. The molecule has 0 aliphatic carbocycles. The molecule has 3 aromatic rings. The smallest absolute Gasteiger partial charge is 0.275 e. The molecule has 1 aromatic heterocycles. The molecule has 0 radical (unpaired) electrons. The van der Waals surface area contributed by atoms with E-state index in [1.54, 1.807) is 36.4 Å². The van der Waals surface area contributed by atoms with Crippen molar-refractivity contribution in [2.75, 3.05) is 5.32 Å². The number of hydrogen-bond donors (Lipinski definition) is 1. The number of benzene rings is 2. The van der Waals surface area contributed by atoms with Gasteiger partial charge in [-0.3, -0.25) is 9.59 Å². The van der Waals surface area contributed by atoms with Crippen LogP contribution in [0.25, 0.3) is 10.8 Å². The maximum Gasteiger partial charge on any atom is 0.275 e. The van der Waals surface area contributed by atoms with Crippen LogP contribution >= 0.6 is 11.6 Å². The minimum atomic E-state index is -0.359. The van der Waals surface area contributed by atoms with Gasteiger partial charge in [0.15, 0.2) is 0 Å². The summed E-state index contributed by atoms with van der Waals surface area (Å²) >= 11 is 6.01. The van der Waals surface area contributed by atoms with E-state index in [0.717, 1.165) is 5.39 Å². The number of para-hydroxylation sites is 1. The van der Waals surface area contributed by atoms with Crippen molar-refractivity contribution in [3.8, 4) is 0 Å². The van der Waals surface area contributed by atoms with Gasteiger partial charge in [0.25, 0.3) is 5.56 Å². The number of amides is 1. The lowest BCUT2D eigenvalue weighted by molar-refractivity contribution is -0.117. The Morgan fingerprint density at radius 2 is 1.78 bits per heavy atom. The number of hydrogen-bond acceptors (Lipinski definition) is 3. The topological polar surface area (TPSA) is 64.0 Å². The van der Waals surface area contributed by atoms with E-state index >= 15 is 0 Å². The highest BCUT2D eigenvalue weighted by molar-refractivity contribution is 6.33. The number of carbonyl (C=O) groups excluding carboxylic acids is 1. The van der Waals surface area contributed by atoms with Crippen LogP contribution in [0.2, 0.25) is 5.02 Å². The number of rotatable bonds is 3. The van der Waals surface area contributed by atoms with Crippen molar-refractivity contribution in [3.63, 3.8) is 0 Å². The number of halogens is 1. The van der Waals surface area contributed by atoms with Gasteiger partial charge >= 0.3 is 0 Å². The largest absolute Gasteiger partial charge is 0.323 e. The predicted octanol–water partition coefficient (Wildman–Crippen LogP) is 3.00. The Morgan fingerprint density at radius 3 is 2.52 bits per heavy atom. The number of nitrogens with one attached hydrogen (secondary N) is 1. The molecule has 0 atom stereocenters. The van der Waals surface area contributed by atoms with E-state index in [1.807, 2.05) is 19.1 Å². The maximum absolute atomic E-state index is 12.4. The van der Waals surface area contributed by atoms with Gasteiger partial charge in [-0.05, 0) is 25.1 Å². The summed E-state index contributed by atoms with van der Waals surface area (Å²) in [4.78, 5) is 24.6. The molecule has 116 valence electrons. The molecule has 0 aliphatic rings. The summed E-state index contributed by atoms with van der Waals surface area (Å²) in [5.74, 6) is -0.359. The van der Waals surface area contributed by atoms with Crippen molar-refractivity contribution in [2.45, 2.75) is 13.5 Å². The summed E-state index contributed by atoms with van der Waals surface area (Å²) in [5.41, 5.74) is 0.913. The maximum atomic E-state index is 12.4. The molecule has 1 N–H and O–H groups in total. The monoisotopic (exact) mass is 327 g/mol. The number of fused-ring (bicyclic) bond motifs is 1. The molecule has 0 fully saturated rings. The number of carbonyl (C=O) groups is 1. The molecule has 0 aliphatic heterocycles. The van der Waals surface area contributed by atoms with Crippen molar-refractivity contribution in [2.24, 2.45) is 0 Å². The van der Waals surface area contributed by atoms with Crippen molar-refractivity contribution < 1.29 is 4.79 Å². The van der Waals surface area contributed by atoms with Crippen LogP contribution in [0, 0.1) is 6.92 Å². The van der Waals surface area contributed by atoms with Crippen LogP contribution < -0.4 is 10.9 Å². The molecule has 0 unspecified atom stereocenters. The zero-order chi connectivity index (χ0) is 16.4. The van der Waals surface area contributed by atoms with E-state index in [2.05, 4.69) is 10.4 Å². The van der Waals surface area contributed by atoms with Crippen molar-refractivity contribution in [3.05, 3.63) is 69.6 Å². The molecule has 0 saturated carbocycles. The fourth-order valence-electron chi connectivity index (χ4n) is 2.40. The first-order valence-electron chi connectivity index (χ1n) is 7.07. The molecule has 2 aromatic carbocycles. The van der Waals surface area contributed by atoms with Gasteiger partial charge in [-0.25, -0.2) is 4.68 Å². The van der Waals surface area contributed by atoms with Gasteiger partial charge in [0.1, 0.15) is 6.54 Å². The second-order valence-electron chi connectivity index (χ2n) is 5.12. The van der Waals surface area contributed by atoms with Crippen LogP contribution in [0.4, 0.5) is 5.69 Å². The SMILES string of the molecule is Cc1nn(CC(=O)Nc2ccccc2Cl)c(=O)c2ccccc12. The second-order valence-corrected chi connectivity index (χ2v) is 5.53. The minimum Gasteiger partial charge on any atom is -0.323 e. The van der Waals surface area contributed by atoms with E-state index in [4.69, 9.17) is 11.6 Å². The Balaban J connectivity index is 1.90. The van der Waals surface area contributed by atoms with Crippen molar-refractivity contribution in [1.82, 2.24) is 9.78 Å². The Kier molecular flexibility index (Phi) is 4.12. The summed E-state index contributed by atoms with van der Waals surface area (Å²) in [6.45, 7) is 1.64. The molecule has 23 heavy (non-hydrogen) atoms. The van der Waals surface area contributed by atoms with Crippen LogP contribution in [0.15, 0.2) is 53.3 Å². The number of aromatic nitrogens is 2. The van der Waals surface area contributed by atoms with Crippen LogP contribution in [0.1, 0.15) is 5.69 Å². The summed E-state index contributed by atoms with van der Waals surface area (Å²) in [6, 6.07) is 14.1. The van der Waals surface area contributed by atoms with E-state index in [-0.39, 0.29) is 18.0 Å². The predicted molar refractivity (Wildman–Crippen MR) is 90.8 cm³/mol. The molecule has 0 saturated heterocycles. The highest BCUT2D eigenvalue weighted by atomic mass is 35.5. The molecule has 1 heterocycles. The van der Waals surface area contributed by atoms with Gasteiger partial charge in [-0.1, -0.05) is 41.9 Å². The first-order valence-corrected chi connectivity index (χ1v) is 7.45. The lowest BCUT2D eigenvalue weighted by Crippen LogP contribution is -2.30.